The summed E-state index contributed by atoms with van der Waals surface area (Å²) in [7, 11) is 1.98. The SMILES string of the molecule is Cn1cccc1CON1CCC[C@H]1C(=O)Nc1ccc(/C=C/c2ccc(NC(=O)[C@@H]3CCCN3)cc2)cc1. The predicted molar refractivity (Wildman–Crippen MR) is 150 cm³/mol. The number of benzene rings is 2. The van der Waals surface area contributed by atoms with Crippen molar-refractivity contribution in [2.75, 3.05) is 23.7 Å². The average Bonchev–Trinajstić information content (AvgIpc) is 3.70. The first-order chi connectivity index (χ1) is 18.5. The molecule has 3 heterocycles. The summed E-state index contributed by atoms with van der Waals surface area (Å²) in [4.78, 5) is 31.2. The molecule has 2 aliphatic rings. The molecule has 2 amide bonds. The van der Waals surface area contributed by atoms with E-state index in [9.17, 15) is 9.59 Å². The smallest absolute Gasteiger partial charge is 0.244 e. The van der Waals surface area contributed by atoms with Gasteiger partial charge in [-0.15, -0.1) is 0 Å². The highest BCUT2D eigenvalue weighted by Gasteiger charge is 2.32. The van der Waals surface area contributed by atoms with Gasteiger partial charge in [-0.2, -0.15) is 5.06 Å². The van der Waals surface area contributed by atoms with E-state index in [2.05, 4.69) is 16.0 Å². The highest BCUT2D eigenvalue weighted by atomic mass is 16.7. The van der Waals surface area contributed by atoms with Gasteiger partial charge in [0, 0.05) is 36.9 Å². The molecule has 0 radical (unpaired) electrons. The Labute approximate surface area is 223 Å². The Bertz CT molecular complexity index is 1260. The number of amides is 2. The van der Waals surface area contributed by atoms with Gasteiger partial charge in [-0.05, 0) is 79.8 Å². The number of rotatable bonds is 9. The molecule has 1 aromatic heterocycles. The van der Waals surface area contributed by atoms with Crippen LogP contribution in [0.5, 0.6) is 0 Å². The molecule has 38 heavy (non-hydrogen) atoms. The second-order valence-corrected chi connectivity index (χ2v) is 9.89. The average molecular weight is 514 g/mol. The van der Waals surface area contributed by atoms with Crippen LogP contribution in [-0.2, 0) is 28.1 Å². The van der Waals surface area contributed by atoms with Crippen LogP contribution in [0.1, 0.15) is 42.5 Å². The van der Waals surface area contributed by atoms with Crippen molar-refractivity contribution in [2.24, 2.45) is 7.05 Å². The summed E-state index contributed by atoms with van der Waals surface area (Å²) in [5.74, 6) is -0.0215. The zero-order chi connectivity index (χ0) is 26.3. The molecule has 5 rings (SSSR count). The summed E-state index contributed by atoms with van der Waals surface area (Å²) >= 11 is 0. The number of carbonyl (C=O) groups excluding carboxylic acids is 2. The van der Waals surface area contributed by atoms with Gasteiger partial charge in [-0.3, -0.25) is 14.4 Å². The first-order valence-electron chi connectivity index (χ1n) is 13.3. The third-order valence-electron chi connectivity index (χ3n) is 7.14. The van der Waals surface area contributed by atoms with Gasteiger partial charge in [0.2, 0.25) is 11.8 Å². The van der Waals surface area contributed by atoms with Gasteiger partial charge in [0.05, 0.1) is 6.04 Å². The van der Waals surface area contributed by atoms with Crippen LogP contribution in [-0.4, -0.2) is 46.6 Å². The van der Waals surface area contributed by atoms with E-state index in [0.29, 0.717) is 6.61 Å². The van der Waals surface area contributed by atoms with E-state index in [1.807, 2.05) is 95.7 Å². The van der Waals surface area contributed by atoms with E-state index in [4.69, 9.17) is 4.84 Å². The fourth-order valence-electron chi connectivity index (χ4n) is 4.86. The van der Waals surface area contributed by atoms with E-state index in [0.717, 1.165) is 67.0 Å². The van der Waals surface area contributed by atoms with Crippen molar-refractivity contribution in [2.45, 2.75) is 44.4 Å². The minimum atomic E-state index is -0.294. The number of nitrogens with zero attached hydrogens (tertiary/aromatic N) is 2. The van der Waals surface area contributed by atoms with Crippen LogP contribution in [0.15, 0.2) is 66.9 Å². The molecule has 2 aromatic carbocycles. The minimum Gasteiger partial charge on any atom is -0.352 e. The number of aryl methyl sites for hydroxylation is 1. The number of hydroxylamine groups is 2. The molecule has 2 fully saturated rings. The zero-order valence-corrected chi connectivity index (χ0v) is 21.7. The monoisotopic (exact) mass is 513 g/mol. The lowest BCUT2D eigenvalue weighted by atomic mass is 10.1. The van der Waals surface area contributed by atoms with Crippen molar-refractivity contribution in [1.29, 1.82) is 0 Å². The Kier molecular flexibility index (Phi) is 8.33. The molecule has 0 bridgehead atoms. The van der Waals surface area contributed by atoms with Gasteiger partial charge >= 0.3 is 0 Å². The van der Waals surface area contributed by atoms with Gasteiger partial charge in [-0.1, -0.05) is 36.4 Å². The second kappa shape index (κ2) is 12.2. The Morgan fingerprint density at radius 2 is 1.58 bits per heavy atom. The van der Waals surface area contributed by atoms with E-state index in [-0.39, 0.29) is 23.9 Å². The molecular weight excluding hydrogens is 478 g/mol. The largest absolute Gasteiger partial charge is 0.352 e. The summed E-state index contributed by atoms with van der Waals surface area (Å²) in [5, 5.41) is 11.0. The van der Waals surface area contributed by atoms with Crippen molar-refractivity contribution >= 4 is 35.3 Å². The standard InChI is InChI=1S/C30H35N5O3/c1-34-19-3-5-26(34)21-38-35-20-4-7-28(35)30(37)33-25-16-12-23(13-17-25)9-8-22-10-14-24(15-11-22)32-29(36)27-6-2-18-31-27/h3,5,8-17,19,27-28,31H,2,4,6-7,18,20-21H2,1H3,(H,32,36)(H,33,37)/b9-8+/t27-,28-/m0/s1. The first kappa shape index (κ1) is 25.9. The highest BCUT2D eigenvalue weighted by Crippen LogP contribution is 2.21. The molecule has 2 saturated heterocycles. The molecule has 0 aliphatic carbocycles. The molecule has 0 spiro atoms. The lowest BCUT2D eigenvalue weighted by Crippen LogP contribution is -2.39. The maximum Gasteiger partial charge on any atom is 0.244 e. The highest BCUT2D eigenvalue weighted by molar-refractivity contribution is 5.95. The molecule has 198 valence electrons. The van der Waals surface area contributed by atoms with Gasteiger partial charge in [0.15, 0.2) is 0 Å². The molecule has 0 unspecified atom stereocenters. The van der Waals surface area contributed by atoms with Crippen LogP contribution >= 0.6 is 0 Å². The summed E-state index contributed by atoms with van der Waals surface area (Å²) in [6.07, 6.45) is 9.67. The summed E-state index contributed by atoms with van der Waals surface area (Å²) in [6, 6.07) is 19.2. The number of hydrogen-bond donors (Lipinski definition) is 3. The van der Waals surface area contributed by atoms with Crippen LogP contribution in [0.25, 0.3) is 12.2 Å². The zero-order valence-electron chi connectivity index (χ0n) is 21.7. The first-order valence-corrected chi connectivity index (χ1v) is 13.3. The topological polar surface area (TPSA) is 87.6 Å². The molecule has 2 aliphatic heterocycles. The van der Waals surface area contributed by atoms with Crippen molar-refractivity contribution in [3.63, 3.8) is 0 Å². The van der Waals surface area contributed by atoms with Gasteiger partial charge in [0.25, 0.3) is 0 Å². The van der Waals surface area contributed by atoms with Crippen LogP contribution < -0.4 is 16.0 Å². The fourth-order valence-corrected chi connectivity index (χ4v) is 4.86. The third-order valence-corrected chi connectivity index (χ3v) is 7.14. The van der Waals surface area contributed by atoms with Crippen LogP contribution in [0.4, 0.5) is 11.4 Å². The van der Waals surface area contributed by atoms with Crippen molar-refractivity contribution in [3.05, 3.63) is 83.7 Å². The Morgan fingerprint density at radius 1 is 0.921 bits per heavy atom. The fraction of sp³-hybridized carbons (Fsp3) is 0.333. The number of anilines is 2. The predicted octanol–water partition coefficient (Wildman–Crippen LogP) is 4.42. The van der Waals surface area contributed by atoms with Crippen molar-refractivity contribution in [3.8, 4) is 0 Å². The molecule has 3 aromatic rings. The van der Waals surface area contributed by atoms with Crippen molar-refractivity contribution < 1.29 is 14.4 Å². The number of hydrogen-bond acceptors (Lipinski definition) is 5. The summed E-state index contributed by atoms with van der Waals surface area (Å²) < 4.78 is 2.02. The van der Waals surface area contributed by atoms with E-state index in [1.165, 1.54) is 0 Å². The van der Waals surface area contributed by atoms with Crippen LogP contribution in [0.2, 0.25) is 0 Å². The molecule has 8 heteroatoms. The minimum absolute atomic E-state index is 0.0262. The molecule has 2 atom stereocenters. The summed E-state index contributed by atoms with van der Waals surface area (Å²) in [5.41, 5.74) is 4.70. The maximum absolute atomic E-state index is 12.9. The third kappa shape index (κ3) is 6.58. The number of carbonyl (C=O) groups is 2. The van der Waals surface area contributed by atoms with Gasteiger partial charge < -0.3 is 20.5 Å². The lowest BCUT2D eigenvalue weighted by Gasteiger charge is -2.23. The van der Waals surface area contributed by atoms with E-state index >= 15 is 0 Å². The van der Waals surface area contributed by atoms with Crippen LogP contribution in [0.3, 0.4) is 0 Å². The molecule has 3 N–H and O–H groups in total. The number of nitrogens with one attached hydrogen (secondary N) is 3. The maximum atomic E-state index is 12.9. The molecular formula is C30H35N5O3. The van der Waals surface area contributed by atoms with Gasteiger partial charge in [0.1, 0.15) is 12.6 Å². The second-order valence-electron chi connectivity index (χ2n) is 9.89. The Balaban J connectivity index is 1.11. The van der Waals surface area contributed by atoms with E-state index < -0.39 is 0 Å². The molecule has 0 saturated carbocycles. The lowest BCUT2D eigenvalue weighted by molar-refractivity contribution is -0.183. The Morgan fingerprint density at radius 3 is 2.16 bits per heavy atom. The quantitative estimate of drug-likeness (QED) is 0.369. The Hall–Kier alpha value is -3.72. The summed E-state index contributed by atoms with van der Waals surface area (Å²) in [6.45, 7) is 2.10. The van der Waals surface area contributed by atoms with E-state index in [1.54, 1.807) is 0 Å². The van der Waals surface area contributed by atoms with Crippen LogP contribution in [0, 0.1) is 0 Å². The normalized spacial score (nSPS) is 19.7. The number of aromatic nitrogens is 1. The van der Waals surface area contributed by atoms with Crippen molar-refractivity contribution in [1.82, 2.24) is 14.9 Å². The van der Waals surface area contributed by atoms with Gasteiger partial charge in [-0.25, -0.2) is 0 Å². The molecule has 8 nitrogen and oxygen atoms in total.